The molecule has 27 heavy (non-hydrogen) atoms. The molecule has 4 aliphatic carbocycles. The molecule has 2 nitrogen and oxygen atoms in total. The molecule has 0 amide bonds. The summed E-state index contributed by atoms with van der Waals surface area (Å²) in [7, 11) is 0. The van der Waals surface area contributed by atoms with Crippen molar-refractivity contribution in [1.29, 1.82) is 0 Å². The van der Waals surface area contributed by atoms with E-state index in [1.54, 1.807) is 12.1 Å². The summed E-state index contributed by atoms with van der Waals surface area (Å²) in [6, 6.07) is 15.0. The average Bonchev–Trinajstić information content (AvgIpc) is 2.65. The second kappa shape index (κ2) is 6.94. The van der Waals surface area contributed by atoms with Gasteiger partial charge in [-0.3, -0.25) is 0 Å². The molecule has 0 atom stereocenters. The lowest BCUT2D eigenvalue weighted by molar-refractivity contribution is -0.0206. The third kappa shape index (κ3) is 3.50. The summed E-state index contributed by atoms with van der Waals surface area (Å²) in [6.07, 6.45) is 8.42. The molecule has 142 valence electrons. The molecule has 0 unspecified atom stereocenters. The van der Waals surface area contributed by atoms with Gasteiger partial charge >= 0.3 is 0 Å². The fraction of sp³-hybridized carbons (Fsp3) is 0.500. The van der Waals surface area contributed by atoms with Crippen LogP contribution < -0.4 is 10.1 Å². The molecule has 0 saturated heterocycles. The molecule has 4 bridgehead atoms. The molecule has 2 aromatic carbocycles. The number of para-hydroxylation sites is 1. The monoisotopic (exact) mass is 365 g/mol. The van der Waals surface area contributed by atoms with Crippen LogP contribution in [0.4, 0.5) is 4.39 Å². The van der Waals surface area contributed by atoms with Crippen molar-refractivity contribution in [3.05, 3.63) is 65.5 Å². The Morgan fingerprint density at radius 1 is 0.852 bits per heavy atom. The summed E-state index contributed by atoms with van der Waals surface area (Å²) in [6.45, 7) is 1.10. The summed E-state index contributed by atoms with van der Waals surface area (Å²) in [5.74, 6) is 3.48. The maximum atomic E-state index is 13.9. The zero-order valence-corrected chi connectivity index (χ0v) is 15.8. The zero-order valence-electron chi connectivity index (χ0n) is 15.8. The predicted molar refractivity (Wildman–Crippen MR) is 105 cm³/mol. The molecule has 0 aromatic heterocycles. The van der Waals surface area contributed by atoms with Crippen molar-refractivity contribution in [2.45, 2.75) is 57.2 Å². The van der Waals surface area contributed by atoms with Crippen LogP contribution in [0.2, 0.25) is 0 Å². The van der Waals surface area contributed by atoms with Gasteiger partial charge in [-0.15, -0.1) is 0 Å². The standard InChI is InChI=1S/C24H28FNO/c25-22-7-3-1-6-21(22)16-27-23-8-4-2-5-20(23)15-26-24-12-17-9-18(13-24)11-19(10-17)14-24/h1-8,17-19,26H,9-16H2. The van der Waals surface area contributed by atoms with Crippen LogP contribution in [-0.2, 0) is 13.2 Å². The highest BCUT2D eigenvalue weighted by Crippen LogP contribution is 2.55. The first-order chi connectivity index (χ1) is 13.2. The minimum Gasteiger partial charge on any atom is -0.488 e. The van der Waals surface area contributed by atoms with E-state index in [2.05, 4.69) is 17.4 Å². The van der Waals surface area contributed by atoms with Crippen molar-refractivity contribution in [2.75, 3.05) is 0 Å². The van der Waals surface area contributed by atoms with E-state index in [0.29, 0.717) is 11.1 Å². The number of nitrogens with one attached hydrogen (secondary N) is 1. The van der Waals surface area contributed by atoms with Gasteiger partial charge in [-0.05, 0) is 68.4 Å². The second-order valence-corrected chi connectivity index (χ2v) is 9.04. The largest absolute Gasteiger partial charge is 0.488 e. The Morgan fingerprint density at radius 3 is 2.11 bits per heavy atom. The Labute approximate surface area is 161 Å². The van der Waals surface area contributed by atoms with Gasteiger partial charge in [0.25, 0.3) is 0 Å². The van der Waals surface area contributed by atoms with Crippen LogP contribution in [0.15, 0.2) is 48.5 Å². The molecule has 4 aliphatic rings. The van der Waals surface area contributed by atoms with Crippen molar-refractivity contribution in [2.24, 2.45) is 17.8 Å². The van der Waals surface area contributed by atoms with Crippen molar-refractivity contribution < 1.29 is 9.13 Å². The van der Waals surface area contributed by atoms with Gasteiger partial charge in [0, 0.05) is 23.2 Å². The molecule has 0 spiro atoms. The quantitative estimate of drug-likeness (QED) is 0.733. The maximum Gasteiger partial charge on any atom is 0.129 e. The van der Waals surface area contributed by atoms with Crippen molar-refractivity contribution in [1.82, 2.24) is 5.32 Å². The fourth-order valence-electron chi connectivity index (χ4n) is 6.17. The number of hydrogen-bond donors (Lipinski definition) is 1. The number of hydrogen-bond acceptors (Lipinski definition) is 2. The third-order valence-electron chi connectivity index (χ3n) is 7.01. The van der Waals surface area contributed by atoms with Crippen LogP contribution in [0.5, 0.6) is 5.75 Å². The topological polar surface area (TPSA) is 21.3 Å². The van der Waals surface area contributed by atoms with E-state index >= 15 is 0 Å². The van der Waals surface area contributed by atoms with E-state index in [-0.39, 0.29) is 12.4 Å². The minimum atomic E-state index is -0.207. The third-order valence-corrected chi connectivity index (χ3v) is 7.01. The molecule has 6 rings (SSSR count). The van der Waals surface area contributed by atoms with E-state index in [1.165, 1.54) is 50.2 Å². The Bertz CT molecular complexity index is 782. The molecule has 1 N–H and O–H groups in total. The molecule has 4 saturated carbocycles. The van der Waals surface area contributed by atoms with Gasteiger partial charge in [-0.1, -0.05) is 36.4 Å². The van der Waals surface area contributed by atoms with E-state index in [4.69, 9.17) is 4.74 Å². The van der Waals surface area contributed by atoms with Gasteiger partial charge in [0.1, 0.15) is 18.2 Å². The molecule has 0 radical (unpaired) electrons. The van der Waals surface area contributed by atoms with E-state index in [1.807, 2.05) is 18.2 Å². The van der Waals surface area contributed by atoms with Crippen LogP contribution in [0.1, 0.15) is 49.7 Å². The lowest BCUT2D eigenvalue weighted by Crippen LogP contribution is -2.58. The van der Waals surface area contributed by atoms with Gasteiger partial charge in [0.2, 0.25) is 0 Å². The summed E-state index contributed by atoms with van der Waals surface area (Å²) >= 11 is 0. The van der Waals surface area contributed by atoms with Crippen molar-refractivity contribution in [3.8, 4) is 5.75 Å². The highest BCUT2D eigenvalue weighted by Gasteiger charge is 2.50. The van der Waals surface area contributed by atoms with Crippen molar-refractivity contribution >= 4 is 0 Å². The Kier molecular flexibility index (Phi) is 4.43. The van der Waals surface area contributed by atoms with E-state index in [9.17, 15) is 4.39 Å². The van der Waals surface area contributed by atoms with Gasteiger partial charge in [0.15, 0.2) is 0 Å². The zero-order chi connectivity index (χ0) is 18.3. The number of ether oxygens (including phenoxy) is 1. The lowest BCUT2D eigenvalue weighted by atomic mass is 9.53. The lowest BCUT2D eigenvalue weighted by Gasteiger charge is -2.57. The Balaban J connectivity index is 1.27. The normalized spacial score (nSPS) is 31.2. The molecule has 3 heteroatoms. The smallest absolute Gasteiger partial charge is 0.129 e. The highest BCUT2D eigenvalue weighted by atomic mass is 19.1. The first-order valence-corrected chi connectivity index (χ1v) is 10.4. The van der Waals surface area contributed by atoms with Gasteiger partial charge in [0.05, 0.1) is 0 Å². The molecule has 0 heterocycles. The Hall–Kier alpha value is -1.87. The van der Waals surface area contributed by atoms with E-state index in [0.717, 1.165) is 30.0 Å². The van der Waals surface area contributed by atoms with Crippen LogP contribution in [0.3, 0.4) is 0 Å². The van der Waals surface area contributed by atoms with Gasteiger partial charge in [-0.2, -0.15) is 0 Å². The first kappa shape index (κ1) is 17.2. The first-order valence-electron chi connectivity index (χ1n) is 10.4. The van der Waals surface area contributed by atoms with Crippen LogP contribution in [0, 0.1) is 23.6 Å². The molecule has 0 aliphatic heterocycles. The molecule has 4 fully saturated rings. The van der Waals surface area contributed by atoms with Crippen LogP contribution in [-0.4, -0.2) is 5.54 Å². The molecule has 2 aromatic rings. The highest BCUT2D eigenvalue weighted by molar-refractivity contribution is 5.34. The van der Waals surface area contributed by atoms with Gasteiger partial charge < -0.3 is 10.1 Å². The number of rotatable bonds is 6. The SMILES string of the molecule is Fc1ccccc1COc1ccccc1CNC12CC3CC(CC(C3)C1)C2. The fourth-order valence-corrected chi connectivity index (χ4v) is 6.17. The Morgan fingerprint density at radius 2 is 1.44 bits per heavy atom. The average molecular weight is 365 g/mol. The molecular weight excluding hydrogens is 337 g/mol. The summed E-state index contributed by atoms with van der Waals surface area (Å²) < 4.78 is 19.9. The maximum absolute atomic E-state index is 13.9. The van der Waals surface area contributed by atoms with Crippen LogP contribution in [0.25, 0.3) is 0 Å². The van der Waals surface area contributed by atoms with Crippen molar-refractivity contribution in [3.63, 3.8) is 0 Å². The minimum absolute atomic E-state index is 0.207. The van der Waals surface area contributed by atoms with E-state index < -0.39 is 0 Å². The van der Waals surface area contributed by atoms with Crippen LogP contribution >= 0.6 is 0 Å². The summed E-state index contributed by atoms with van der Waals surface area (Å²) in [5, 5.41) is 3.94. The second-order valence-electron chi connectivity index (χ2n) is 9.04. The number of benzene rings is 2. The summed E-state index contributed by atoms with van der Waals surface area (Å²) in [4.78, 5) is 0. The summed E-state index contributed by atoms with van der Waals surface area (Å²) in [5.41, 5.74) is 2.11. The molecular formula is C24H28FNO. The predicted octanol–water partition coefficient (Wildman–Crippen LogP) is 5.46. The number of halogens is 1. The van der Waals surface area contributed by atoms with Gasteiger partial charge in [-0.25, -0.2) is 4.39 Å².